The highest BCUT2D eigenvalue weighted by atomic mass is 32.1. The van der Waals surface area contributed by atoms with Crippen LogP contribution < -0.4 is 10.1 Å². The minimum Gasteiger partial charge on any atom is -0.457 e. The second kappa shape index (κ2) is 14.4. The molecule has 3 fully saturated rings. The monoisotopic (exact) mass is 629 g/mol. The smallest absolute Gasteiger partial charge is 0.251 e. The third-order valence-corrected chi connectivity index (χ3v) is 10.8. The molecule has 1 saturated carbocycles. The highest BCUT2D eigenvalue weighted by Gasteiger charge is 2.29. The van der Waals surface area contributed by atoms with E-state index >= 15 is 0 Å². The molecule has 0 radical (unpaired) electrons. The van der Waals surface area contributed by atoms with Crippen molar-refractivity contribution in [2.24, 2.45) is 5.92 Å². The highest BCUT2D eigenvalue weighted by Crippen LogP contribution is 2.33. The lowest BCUT2D eigenvalue weighted by Gasteiger charge is -2.37. The number of piperidine rings is 1. The number of carbonyl (C=O) groups excluding carboxylic acids is 2. The predicted octanol–water partition coefficient (Wildman–Crippen LogP) is 7.41. The van der Waals surface area contributed by atoms with Crippen molar-refractivity contribution in [1.29, 1.82) is 0 Å². The number of carbonyl (C=O) groups is 2. The van der Waals surface area contributed by atoms with E-state index in [-0.39, 0.29) is 17.9 Å². The van der Waals surface area contributed by atoms with Crippen LogP contribution in [0.1, 0.15) is 105 Å². The molecular weight excluding hydrogens is 582 g/mol. The first-order chi connectivity index (χ1) is 21.8. The number of nitrogens with one attached hydrogen (secondary N) is 1. The summed E-state index contributed by atoms with van der Waals surface area (Å²) < 4.78 is 6.43. The van der Waals surface area contributed by atoms with E-state index < -0.39 is 0 Å². The SMILES string of the molecule is CC(C)c1nnc(-c2ccc(Oc3cc(C(=O)NC4CCN(C5CCCCCC5)CC4)ccc3CN3C[C@@H](C)CC3=O)cc2)s1. The fraction of sp³-hybridized carbons (Fsp3) is 0.556. The average molecular weight is 630 g/mol. The van der Waals surface area contributed by atoms with Gasteiger partial charge in [0.2, 0.25) is 5.91 Å². The number of hydrogen-bond donors (Lipinski definition) is 1. The van der Waals surface area contributed by atoms with Gasteiger partial charge in [-0.1, -0.05) is 63.9 Å². The number of aromatic nitrogens is 2. The lowest BCUT2D eigenvalue weighted by Crippen LogP contribution is -2.47. The fourth-order valence-electron chi connectivity index (χ4n) is 6.93. The molecule has 45 heavy (non-hydrogen) atoms. The molecule has 3 aliphatic rings. The van der Waals surface area contributed by atoms with Gasteiger partial charge in [0.05, 0.1) is 0 Å². The molecule has 0 bridgehead atoms. The van der Waals surface area contributed by atoms with Crippen molar-refractivity contribution in [1.82, 2.24) is 25.3 Å². The quantitative estimate of drug-likeness (QED) is 0.248. The molecule has 9 heteroatoms. The second-order valence-corrected chi connectivity index (χ2v) is 14.6. The molecule has 2 aromatic carbocycles. The predicted molar refractivity (Wildman–Crippen MR) is 179 cm³/mol. The maximum absolute atomic E-state index is 13.5. The maximum Gasteiger partial charge on any atom is 0.251 e. The van der Waals surface area contributed by atoms with Crippen molar-refractivity contribution in [3.05, 3.63) is 58.6 Å². The summed E-state index contributed by atoms with van der Waals surface area (Å²) in [4.78, 5) is 30.7. The van der Waals surface area contributed by atoms with Crippen LogP contribution in [0.5, 0.6) is 11.5 Å². The number of nitrogens with zero attached hydrogens (tertiary/aromatic N) is 4. The summed E-state index contributed by atoms with van der Waals surface area (Å²) in [6.45, 7) is 9.63. The molecule has 2 aliphatic heterocycles. The molecule has 8 nitrogen and oxygen atoms in total. The number of amides is 2. The molecule has 3 heterocycles. The summed E-state index contributed by atoms with van der Waals surface area (Å²) in [6, 6.07) is 14.4. The lowest BCUT2D eigenvalue weighted by atomic mass is 9.99. The van der Waals surface area contributed by atoms with E-state index in [1.165, 1.54) is 38.5 Å². The van der Waals surface area contributed by atoms with E-state index in [1.807, 2.05) is 47.4 Å². The van der Waals surface area contributed by atoms with Gasteiger partial charge in [-0.05, 0) is 68.0 Å². The standard InChI is InChI=1S/C36H47N5O3S/c1-24(2)35-38-39-36(45-35)26-12-14-31(15-13-26)44-32-21-27(10-11-28(32)23-41-22-25(3)20-33(41)42)34(43)37-29-16-18-40(19-17-29)30-8-6-4-5-7-9-30/h10-15,21,24-25,29-30H,4-9,16-20,22-23H2,1-3H3,(H,37,43)/t25-/m0/s1. The van der Waals surface area contributed by atoms with Crippen LogP contribution in [0.25, 0.3) is 10.6 Å². The van der Waals surface area contributed by atoms with Crippen LogP contribution in [-0.2, 0) is 11.3 Å². The van der Waals surface area contributed by atoms with E-state index in [9.17, 15) is 9.59 Å². The van der Waals surface area contributed by atoms with Crippen LogP contribution >= 0.6 is 11.3 Å². The molecule has 3 aromatic rings. The van der Waals surface area contributed by atoms with Gasteiger partial charge in [-0.2, -0.15) is 0 Å². The Balaban J connectivity index is 1.15. The minimum absolute atomic E-state index is 0.0715. The molecule has 2 saturated heterocycles. The number of likely N-dealkylation sites (tertiary alicyclic amines) is 2. The molecule has 2 amide bonds. The fourth-order valence-corrected chi connectivity index (χ4v) is 7.78. The molecule has 1 aromatic heterocycles. The van der Waals surface area contributed by atoms with Crippen molar-refractivity contribution < 1.29 is 14.3 Å². The minimum atomic E-state index is -0.0715. The number of hydrogen-bond acceptors (Lipinski definition) is 7. The van der Waals surface area contributed by atoms with Crippen molar-refractivity contribution in [3.8, 4) is 22.1 Å². The normalized spacial score (nSPS) is 20.5. The summed E-state index contributed by atoms with van der Waals surface area (Å²) >= 11 is 1.60. The average Bonchev–Trinajstić information content (AvgIpc) is 3.55. The number of ether oxygens (including phenoxy) is 1. The Bertz CT molecular complexity index is 1460. The molecule has 0 unspecified atom stereocenters. The number of benzene rings is 2. The van der Waals surface area contributed by atoms with Gasteiger partial charge < -0.3 is 19.9 Å². The molecule has 6 rings (SSSR count). The van der Waals surface area contributed by atoms with Gasteiger partial charge >= 0.3 is 0 Å². The van der Waals surface area contributed by atoms with E-state index in [1.54, 1.807) is 11.3 Å². The van der Waals surface area contributed by atoms with Gasteiger partial charge in [0.1, 0.15) is 21.5 Å². The Labute approximate surface area is 271 Å². The topological polar surface area (TPSA) is 87.7 Å². The largest absolute Gasteiger partial charge is 0.457 e. The first-order valence-electron chi connectivity index (χ1n) is 16.9. The Morgan fingerprint density at radius 3 is 2.38 bits per heavy atom. The van der Waals surface area contributed by atoms with Gasteiger partial charge in [-0.3, -0.25) is 9.59 Å². The zero-order chi connectivity index (χ0) is 31.3. The van der Waals surface area contributed by atoms with Crippen molar-refractivity contribution >= 4 is 23.2 Å². The summed E-state index contributed by atoms with van der Waals surface area (Å²) in [5, 5.41) is 13.9. The highest BCUT2D eigenvalue weighted by molar-refractivity contribution is 7.14. The third kappa shape index (κ3) is 7.93. The van der Waals surface area contributed by atoms with Crippen LogP contribution in [0.3, 0.4) is 0 Å². The second-order valence-electron chi connectivity index (χ2n) is 13.6. The summed E-state index contributed by atoms with van der Waals surface area (Å²) in [5.41, 5.74) is 2.45. The Morgan fingerprint density at radius 2 is 1.73 bits per heavy atom. The van der Waals surface area contributed by atoms with E-state index in [2.05, 4.69) is 41.2 Å². The first kappa shape index (κ1) is 31.7. The number of rotatable bonds is 9. The van der Waals surface area contributed by atoms with Crippen LogP contribution in [0.2, 0.25) is 0 Å². The van der Waals surface area contributed by atoms with Gasteiger partial charge in [0, 0.05) is 67.3 Å². The maximum atomic E-state index is 13.5. The zero-order valence-corrected chi connectivity index (χ0v) is 27.8. The molecule has 240 valence electrons. The van der Waals surface area contributed by atoms with Gasteiger partial charge in [0.15, 0.2) is 0 Å². The van der Waals surface area contributed by atoms with E-state index in [0.717, 1.165) is 53.6 Å². The molecule has 1 aliphatic carbocycles. The van der Waals surface area contributed by atoms with Crippen molar-refractivity contribution in [2.75, 3.05) is 19.6 Å². The van der Waals surface area contributed by atoms with Crippen LogP contribution in [-0.4, -0.2) is 63.5 Å². The van der Waals surface area contributed by atoms with Crippen LogP contribution in [0.4, 0.5) is 0 Å². The summed E-state index contributed by atoms with van der Waals surface area (Å²) in [6.07, 6.45) is 10.6. The van der Waals surface area contributed by atoms with Gasteiger partial charge in [-0.25, -0.2) is 0 Å². The van der Waals surface area contributed by atoms with Gasteiger partial charge in [-0.15, -0.1) is 10.2 Å². The van der Waals surface area contributed by atoms with E-state index in [0.29, 0.717) is 47.9 Å². The summed E-state index contributed by atoms with van der Waals surface area (Å²) in [7, 11) is 0. The zero-order valence-electron chi connectivity index (χ0n) is 27.0. The molecule has 0 spiro atoms. The Kier molecular flexibility index (Phi) is 10.1. The van der Waals surface area contributed by atoms with Crippen LogP contribution in [0, 0.1) is 5.92 Å². The Hall–Kier alpha value is -3.30. The molecule has 1 atom stereocenters. The van der Waals surface area contributed by atoms with Crippen LogP contribution in [0.15, 0.2) is 42.5 Å². The van der Waals surface area contributed by atoms with Gasteiger partial charge in [0.25, 0.3) is 5.91 Å². The summed E-state index contributed by atoms with van der Waals surface area (Å²) in [5.74, 6) is 2.03. The van der Waals surface area contributed by atoms with Crippen molar-refractivity contribution in [3.63, 3.8) is 0 Å². The first-order valence-corrected chi connectivity index (χ1v) is 17.7. The Morgan fingerprint density at radius 1 is 1.00 bits per heavy atom. The molecule has 1 N–H and O–H groups in total. The van der Waals surface area contributed by atoms with E-state index in [4.69, 9.17) is 4.74 Å². The van der Waals surface area contributed by atoms with Crippen molar-refractivity contribution in [2.45, 2.75) is 103 Å². The molecular formula is C36H47N5O3S. The lowest BCUT2D eigenvalue weighted by molar-refractivity contribution is -0.128. The third-order valence-electron chi connectivity index (χ3n) is 9.57.